The fourth-order valence-electron chi connectivity index (χ4n) is 2.94. The Bertz CT molecular complexity index is 965. The molecule has 0 saturated heterocycles. The molecule has 0 fully saturated rings. The number of fused-ring (bicyclic) bond motifs is 2. The highest BCUT2D eigenvalue weighted by atomic mass is 16.2. The summed E-state index contributed by atoms with van der Waals surface area (Å²) >= 11 is 0. The number of anilines is 2. The van der Waals surface area contributed by atoms with Crippen LogP contribution in [-0.2, 0) is 9.59 Å². The Hall–Kier alpha value is -3.42. The van der Waals surface area contributed by atoms with Crippen LogP contribution >= 0.6 is 0 Å². The first kappa shape index (κ1) is 15.1. The lowest BCUT2D eigenvalue weighted by Crippen LogP contribution is -2.30. The van der Waals surface area contributed by atoms with Gasteiger partial charge in [-0.05, 0) is 31.2 Å². The predicted octanol–water partition coefficient (Wildman–Crippen LogP) is 1.01. The SMILES string of the molecule is CCN1C(=O)/C(=N\N=C2C(=O)N(C)c3cccnc32)c2cccnc21. The molecular weight excluding hydrogens is 320 g/mol. The summed E-state index contributed by atoms with van der Waals surface area (Å²) in [6, 6.07) is 7.04. The third-order valence-electron chi connectivity index (χ3n) is 4.19. The van der Waals surface area contributed by atoms with E-state index in [1.165, 1.54) is 9.80 Å². The van der Waals surface area contributed by atoms with E-state index >= 15 is 0 Å². The highest BCUT2D eigenvalue weighted by molar-refractivity contribution is 6.55. The molecule has 2 aliphatic heterocycles. The van der Waals surface area contributed by atoms with E-state index in [2.05, 4.69) is 20.2 Å². The second kappa shape index (κ2) is 5.59. The zero-order chi connectivity index (χ0) is 17.6. The maximum absolute atomic E-state index is 12.6. The average Bonchev–Trinajstić information content (AvgIpc) is 3.05. The van der Waals surface area contributed by atoms with Crippen LogP contribution in [0, 0.1) is 0 Å². The van der Waals surface area contributed by atoms with Gasteiger partial charge < -0.3 is 4.90 Å². The summed E-state index contributed by atoms with van der Waals surface area (Å²) in [6.07, 6.45) is 3.21. The Morgan fingerprint density at radius 3 is 2.52 bits per heavy atom. The maximum Gasteiger partial charge on any atom is 0.280 e. The van der Waals surface area contributed by atoms with Gasteiger partial charge in [0, 0.05) is 26.0 Å². The molecule has 124 valence electrons. The smallest absolute Gasteiger partial charge is 0.280 e. The summed E-state index contributed by atoms with van der Waals surface area (Å²) in [5.74, 6) is -0.0230. The zero-order valence-corrected chi connectivity index (χ0v) is 13.7. The molecule has 2 aromatic rings. The molecule has 2 aliphatic rings. The predicted molar refractivity (Wildman–Crippen MR) is 93.0 cm³/mol. The molecule has 8 nitrogen and oxygen atoms in total. The van der Waals surface area contributed by atoms with Crippen LogP contribution in [-0.4, -0.2) is 46.8 Å². The average molecular weight is 334 g/mol. The van der Waals surface area contributed by atoms with Gasteiger partial charge in [-0.2, -0.15) is 0 Å². The van der Waals surface area contributed by atoms with Crippen molar-refractivity contribution >= 4 is 34.7 Å². The standard InChI is InChI=1S/C17H14N6O2/c1-3-23-15-10(6-4-9-19-15)12(17(23)25)20-21-14-13-11(7-5-8-18-13)22(2)16(14)24/h4-9H,3H2,1-2H3/b20-12-,21-14?. The van der Waals surface area contributed by atoms with Crippen molar-refractivity contribution in [2.75, 3.05) is 23.4 Å². The van der Waals surface area contributed by atoms with Gasteiger partial charge in [0.05, 0.1) is 11.3 Å². The van der Waals surface area contributed by atoms with E-state index in [1.807, 2.05) is 6.92 Å². The molecule has 0 saturated carbocycles. The molecule has 0 N–H and O–H groups in total. The number of carbonyl (C=O) groups excluding carboxylic acids is 2. The van der Waals surface area contributed by atoms with Crippen LogP contribution < -0.4 is 9.80 Å². The lowest BCUT2D eigenvalue weighted by Gasteiger charge is -2.11. The third kappa shape index (κ3) is 2.14. The van der Waals surface area contributed by atoms with Gasteiger partial charge in [-0.15, -0.1) is 10.2 Å². The zero-order valence-electron chi connectivity index (χ0n) is 13.7. The number of pyridine rings is 2. The van der Waals surface area contributed by atoms with Crippen LogP contribution in [0.1, 0.15) is 18.2 Å². The first-order valence-electron chi connectivity index (χ1n) is 7.79. The van der Waals surface area contributed by atoms with Crippen LogP contribution in [0.3, 0.4) is 0 Å². The van der Waals surface area contributed by atoms with Crippen molar-refractivity contribution in [3.05, 3.63) is 47.9 Å². The second-order valence-corrected chi connectivity index (χ2v) is 5.56. The summed E-state index contributed by atoms with van der Waals surface area (Å²) in [5.41, 5.74) is 2.04. The van der Waals surface area contributed by atoms with Crippen LogP contribution in [0.25, 0.3) is 0 Å². The quantitative estimate of drug-likeness (QED) is 0.767. The molecular formula is C17H14N6O2. The van der Waals surface area contributed by atoms with E-state index in [0.717, 1.165) is 0 Å². The van der Waals surface area contributed by atoms with Gasteiger partial charge in [0.1, 0.15) is 11.5 Å². The fraction of sp³-hybridized carbons (Fsp3) is 0.176. The van der Waals surface area contributed by atoms with Crippen molar-refractivity contribution in [3.63, 3.8) is 0 Å². The number of likely N-dealkylation sites (N-methyl/N-ethyl adjacent to an activating group) is 2. The minimum absolute atomic E-state index is 0.124. The second-order valence-electron chi connectivity index (χ2n) is 5.56. The number of carbonyl (C=O) groups is 2. The number of amides is 2. The molecule has 0 aliphatic carbocycles. The Balaban J connectivity index is 1.81. The lowest BCUT2D eigenvalue weighted by molar-refractivity contribution is -0.113. The molecule has 0 spiro atoms. The summed E-state index contributed by atoms with van der Waals surface area (Å²) in [6.45, 7) is 2.34. The first-order valence-corrected chi connectivity index (χ1v) is 7.79. The summed E-state index contributed by atoms with van der Waals surface area (Å²) in [4.78, 5) is 36.4. The minimum atomic E-state index is -0.303. The maximum atomic E-state index is 12.6. The van der Waals surface area contributed by atoms with Crippen LogP contribution in [0.5, 0.6) is 0 Å². The molecule has 4 heterocycles. The molecule has 4 rings (SSSR count). The van der Waals surface area contributed by atoms with Gasteiger partial charge in [0.25, 0.3) is 11.8 Å². The van der Waals surface area contributed by atoms with Crippen molar-refractivity contribution in [2.45, 2.75) is 6.92 Å². The topological polar surface area (TPSA) is 91.1 Å². The summed E-state index contributed by atoms with van der Waals surface area (Å²) in [5, 5.41) is 8.17. The molecule has 0 atom stereocenters. The Morgan fingerprint density at radius 2 is 1.72 bits per heavy atom. The monoisotopic (exact) mass is 334 g/mol. The molecule has 0 radical (unpaired) electrons. The van der Waals surface area contributed by atoms with Gasteiger partial charge >= 0.3 is 0 Å². The van der Waals surface area contributed by atoms with Crippen molar-refractivity contribution in [1.29, 1.82) is 0 Å². The van der Waals surface area contributed by atoms with Crippen LogP contribution in [0.15, 0.2) is 46.9 Å². The van der Waals surface area contributed by atoms with Crippen LogP contribution in [0.4, 0.5) is 11.5 Å². The molecule has 25 heavy (non-hydrogen) atoms. The number of aromatic nitrogens is 2. The molecule has 2 aromatic heterocycles. The highest BCUT2D eigenvalue weighted by Crippen LogP contribution is 2.28. The Kier molecular flexibility index (Phi) is 3.38. The molecule has 0 aromatic carbocycles. The van der Waals surface area contributed by atoms with Crippen molar-refractivity contribution in [3.8, 4) is 0 Å². The molecule has 2 amide bonds. The summed E-state index contributed by atoms with van der Waals surface area (Å²) < 4.78 is 0. The van der Waals surface area contributed by atoms with Gasteiger partial charge in [-0.3, -0.25) is 19.5 Å². The minimum Gasteiger partial charge on any atom is -0.308 e. The van der Waals surface area contributed by atoms with Crippen molar-refractivity contribution < 1.29 is 9.59 Å². The normalized spacial score (nSPS) is 19.1. The fourth-order valence-corrected chi connectivity index (χ4v) is 2.94. The summed E-state index contributed by atoms with van der Waals surface area (Å²) in [7, 11) is 1.65. The Morgan fingerprint density at radius 1 is 1.00 bits per heavy atom. The van der Waals surface area contributed by atoms with E-state index in [-0.39, 0.29) is 23.2 Å². The van der Waals surface area contributed by atoms with Gasteiger partial charge in [0.15, 0.2) is 11.4 Å². The molecule has 0 unspecified atom stereocenters. The van der Waals surface area contributed by atoms with Gasteiger partial charge in [-0.25, -0.2) is 4.98 Å². The highest BCUT2D eigenvalue weighted by Gasteiger charge is 2.36. The van der Waals surface area contributed by atoms with Crippen molar-refractivity contribution in [2.24, 2.45) is 10.2 Å². The number of nitrogens with zero attached hydrogens (tertiary/aromatic N) is 6. The third-order valence-corrected chi connectivity index (χ3v) is 4.19. The number of hydrogen-bond acceptors (Lipinski definition) is 6. The largest absolute Gasteiger partial charge is 0.308 e. The van der Waals surface area contributed by atoms with Crippen LogP contribution in [0.2, 0.25) is 0 Å². The Labute approximate surface area is 143 Å². The van der Waals surface area contributed by atoms with E-state index in [9.17, 15) is 9.59 Å². The molecule has 8 heteroatoms. The van der Waals surface area contributed by atoms with E-state index < -0.39 is 0 Å². The number of rotatable bonds is 2. The van der Waals surface area contributed by atoms with E-state index in [4.69, 9.17) is 0 Å². The first-order chi connectivity index (χ1) is 12.1. The van der Waals surface area contributed by atoms with Gasteiger partial charge in [-0.1, -0.05) is 0 Å². The van der Waals surface area contributed by atoms with E-state index in [1.54, 1.807) is 43.7 Å². The molecule has 0 bridgehead atoms. The lowest BCUT2D eigenvalue weighted by atomic mass is 10.2. The van der Waals surface area contributed by atoms with Crippen molar-refractivity contribution in [1.82, 2.24) is 9.97 Å². The van der Waals surface area contributed by atoms with Gasteiger partial charge in [0.2, 0.25) is 0 Å². The number of hydrogen-bond donors (Lipinski definition) is 0. The van der Waals surface area contributed by atoms with E-state index in [0.29, 0.717) is 29.3 Å².